The van der Waals surface area contributed by atoms with Crippen LogP contribution in [0.3, 0.4) is 0 Å². The van der Waals surface area contributed by atoms with E-state index in [1.807, 2.05) is 0 Å². The number of ether oxygens (including phenoxy) is 2. The summed E-state index contributed by atoms with van der Waals surface area (Å²) in [7, 11) is 2.12. The number of nitrogens with two attached hydrogens (primary N) is 1. The summed E-state index contributed by atoms with van der Waals surface area (Å²) < 4.78 is 25.6. The number of likely N-dealkylation sites (tertiary alicyclic amines) is 1. The lowest BCUT2D eigenvalue weighted by molar-refractivity contribution is 0.151. The summed E-state index contributed by atoms with van der Waals surface area (Å²) in [6, 6.07) is 9.44. The first-order valence-electron chi connectivity index (χ1n) is 9.88. The Morgan fingerprint density at radius 1 is 1.27 bits per heavy atom. The molecule has 1 saturated heterocycles. The highest BCUT2D eigenvalue weighted by Gasteiger charge is 2.19. The number of fused-ring (bicyclic) bond motifs is 1. The predicted octanol–water partition coefficient (Wildman–Crippen LogP) is 5.02. The molecule has 0 spiro atoms. The van der Waals surface area contributed by atoms with Crippen LogP contribution in [0.4, 0.5) is 15.8 Å². The van der Waals surface area contributed by atoms with E-state index in [4.69, 9.17) is 21.8 Å². The van der Waals surface area contributed by atoms with Gasteiger partial charge in [0.1, 0.15) is 23.1 Å². The van der Waals surface area contributed by atoms with Gasteiger partial charge in [0.15, 0.2) is 0 Å². The van der Waals surface area contributed by atoms with Gasteiger partial charge in [-0.3, -0.25) is 4.98 Å². The van der Waals surface area contributed by atoms with Crippen molar-refractivity contribution in [2.45, 2.75) is 12.8 Å². The van der Waals surface area contributed by atoms with Crippen molar-refractivity contribution >= 4 is 22.3 Å². The molecule has 30 heavy (non-hydrogen) atoms. The van der Waals surface area contributed by atoms with Gasteiger partial charge in [0.2, 0.25) is 5.69 Å². The van der Waals surface area contributed by atoms with Crippen LogP contribution in [-0.4, -0.2) is 36.6 Å². The topological polar surface area (TPSA) is 65.0 Å². The number of piperidine rings is 1. The van der Waals surface area contributed by atoms with Gasteiger partial charge in [-0.2, -0.15) is 0 Å². The maximum Gasteiger partial charge on any atom is 0.229 e. The molecule has 0 aliphatic carbocycles. The summed E-state index contributed by atoms with van der Waals surface area (Å²) in [5.74, 6) is 1.22. The van der Waals surface area contributed by atoms with Crippen LogP contribution in [0.15, 0.2) is 42.6 Å². The molecule has 1 aliphatic rings. The summed E-state index contributed by atoms with van der Waals surface area (Å²) in [6.07, 6.45) is 3.90. The summed E-state index contributed by atoms with van der Waals surface area (Å²) in [5.41, 5.74) is 6.63. The molecule has 154 valence electrons. The van der Waals surface area contributed by atoms with Crippen LogP contribution in [0.25, 0.3) is 15.7 Å². The molecule has 6 nitrogen and oxygen atoms in total. The van der Waals surface area contributed by atoms with E-state index in [-0.39, 0.29) is 5.69 Å². The molecular weight excluding hydrogens is 383 g/mol. The van der Waals surface area contributed by atoms with Gasteiger partial charge in [-0.25, -0.2) is 9.24 Å². The number of anilines is 1. The average molecular weight is 406 g/mol. The zero-order valence-electron chi connectivity index (χ0n) is 16.8. The minimum absolute atomic E-state index is 0.0585. The third-order valence-corrected chi connectivity index (χ3v) is 5.30. The number of aromatic nitrogens is 1. The highest BCUT2D eigenvalue weighted by molar-refractivity contribution is 5.91. The smallest absolute Gasteiger partial charge is 0.229 e. The van der Waals surface area contributed by atoms with Gasteiger partial charge in [-0.05, 0) is 56.8 Å². The molecule has 4 rings (SSSR count). The van der Waals surface area contributed by atoms with Gasteiger partial charge in [0.05, 0.1) is 24.4 Å². The van der Waals surface area contributed by atoms with Crippen molar-refractivity contribution in [1.29, 1.82) is 0 Å². The average Bonchev–Trinajstić information content (AvgIpc) is 2.74. The van der Waals surface area contributed by atoms with Crippen LogP contribution in [0.1, 0.15) is 12.8 Å². The van der Waals surface area contributed by atoms with E-state index < -0.39 is 5.82 Å². The second-order valence-corrected chi connectivity index (χ2v) is 7.62. The SMILES string of the molecule is [C-]#[N+]c1cc2c(Oc3ccc(N)c(F)c3)ccnc2cc1OCC1CCCN(C)C1. The molecule has 2 heterocycles. The van der Waals surface area contributed by atoms with E-state index in [1.165, 1.54) is 12.1 Å². The fourth-order valence-corrected chi connectivity index (χ4v) is 3.74. The van der Waals surface area contributed by atoms with Crippen LogP contribution in [0, 0.1) is 18.3 Å². The van der Waals surface area contributed by atoms with Crippen LogP contribution in [0.2, 0.25) is 0 Å². The third-order valence-electron chi connectivity index (χ3n) is 5.30. The van der Waals surface area contributed by atoms with Crippen molar-refractivity contribution < 1.29 is 13.9 Å². The largest absolute Gasteiger partial charge is 0.504 e. The number of nitrogen functional groups attached to an aromatic ring is 1. The normalized spacial score (nSPS) is 16.9. The van der Waals surface area contributed by atoms with Crippen LogP contribution in [0.5, 0.6) is 17.2 Å². The molecule has 1 aromatic heterocycles. The number of pyridine rings is 1. The van der Waals surface area contributed by atoms with Gasteiger partial charge < -0.3 is 20.1 Å². The van der Waals surface area contributed by atoms with Crippen molar-refractivity contribution in [3.63, 3.8) is 0 Å². The standard InChI is InChI=1S/C23H23FN4O2/c1-26-21-11-17-20(12-23(21)29-14-15-4-3-9-28(2)13-15)27-8-7-22(17)30-16-5-6-19(25)18(24)10-16/h5-8,10-12,15H,3-4,9,13-14,25H2,2H3. The highest BCUT2D eigenvalue weighted by atomic mass is 19.1. The monoisotopic (exact) mass is 406 g/mol. The van der Waals surface area contributed by atoms with E-state index in [2.05, 4.69) is 21.8 Å². The molecule has 2 N–H and O–H groups in total. The first-order valence-corrected chi connectivity index (χ1v) is 9.88. The highest BCUT2D eigenvalue weighted by Crippen LogP contribution is 2.38. The van der Waals surface area contributed by atoms with Crippen LogP contribution in [-0.2, 0) is 0 Å². The molecule has 0 radical (unpaired) electrons. The molecular formula is C23H23FN4O2. The number of hydrogen-bond donors (Lipinski definition) is 1. The Kier molecular flexibility index (Phi) is 5.68. The Bertz CT molecular complexity index is 1110. The molecule has 1 fully saturated rings. The predicted molar refractivity (Wildman–Crippen MR) is 115 cm³/mol. The summed E-state index contributed by atoms with van der Waals surface area (Å²) in [4.78, 5) is 10.3. The Morgan fingerprint density at radius 2 is 2.13 bits per heavy atom. The second-order valence-electron chi connectivity index (χ2n) is 7.62. The van der Waals surface area contributed by atoms with E-state index >= 15 is 0 Å². The van der Waals surface area contributed by atoms with Gasteiger partial charge in [-0.1, -0.05) is 0 Å². The van der Waals surface area contributed by atoms with Crippen LogP contribution < -0.4 is 15.2 Å². The Morgan fingerprint density at radius 3 is 2.90 bits per heavy atom. The second kappa shape index (κ2) is 8.56. The van der Waals surface area contributed by atoms with Crippen molar-refractivity contribution in [2.24, 2.45) is 5.92 Å². The minimum Gasteiger partial charge on any atom is -0.504 e. The zero-order chi connectivity index (χ0) is 21.1. The van der Waals surface area contributed by atoms with Gasteiger partial charge in [0, 0.05) is 30.1 Å². The Balaban J connectivity index is 1.60. The fourth-order valence-electron chi connectivity index (χ4n) is 3.74. The van der Waals surface area contributed by atoms with Crippen LogP contribution >= 0.6 is 0 Å². The van der Waals surface area contributed by atoms with E-state index in [9.17, 15) is 4.39 Å². The molecule has 1 unspecified atom stereocenters. The van der Waals surface area contributed by atoms with Crippen molar-refractivity contribution in [2.75, 3.05) is 32.5 Å². The molecule has 0 saturated carbocycles. The number of halogens is 1. The van der Waals surface area contributed by atoms with Gasteiger partial charge in [-0.15, -0.1) is 0 Å². The number of benzene rings is 2. The van der Waals surface area contributed by atoms with Gasteiger partial charge >= 0.3 is 0 Å². The molecule has 1 atom stereocenters. The summed E-state index contributed by atoms with van der Waals surface area (Å²) >= 11 is 0. The molecule has 1 aliphatic heterocycles. The van der Waals surface area contributed by atoms with Crippen molar-refractivity contribution in [1.82, 2.24) is 9.88 Å². The Hall–Kier alpha value is -3.37. The Labute approximate surface area is 174 Å². The van der Waals surface area contributed by atoms with Crippen molar-refractivity contribution in [3.05, 3.63) is 59.8 Å². The first kappa shape index (κ1) is 19.9. The quantitative estimate of drug-likeness (QED) is 0.476. The lowest BCUT2D eigenvalue weighted by Gasteiger charge is -2.29. The first-order chi connectivity index (χ1) is 14.5. The third kappa shape index (κ3) is 4.29. The van der Waals surface area contributed by atoms with Crippen molar-refractivity contribution in [3.8, 4) is 17.2 Å². The summed E-state index contributed by atoms with van der Waals surface area (Å²) in [5, 5.41) is 0.658. The number of nitrogens with zero attached hydrogens (tertiary/aromatic N) is 3. The van der Waals surface area contributed by atoms with E-state index in [1.54, 1.807) is 30.5 Å². The fraction of sp³-hybridized carbons (Fsp3) is 0.304. The number of hydrogen-bond acceptors (Lipinski definition) is 5. The zero-order valence-corrected chi connectivity index (χ0v) is 16.8. The minimum atomic E-state index is -0.545. The van der Waals surface area contributed by atoms with Gasteiger partial charge in [0.25, 0.3) is 0 Å². The molecule has 0 amide bonds. The maximum absolute atomic E-state index is 13.8. The lowest BCUT2D eigenvalue weighted by Crippen LogP contribution is -2.34. The maximum atomic E-state index is 13.8. The molecule has 3 aromatic rings. The molecule has 7 heteroatoms. The van der Waals surface area contributed by atoms with E-state index in [0.717, 1.165) is 25.9 Å². The molecule has 0 bridgehead atoms. The lowest BCUT2D eigenvalue weighted by atomic mass is 9.99. The molecule has 2 aromatic carbocycles. The summed E-state index contributed by atoms with van der Waals surface area (Å²) in [6.45, 7) is 10.2. The number of rotatable bonds is 5. The van der Waals surface area contributed by atoms with E-state index in [0.29, 0.717) is 46.4 Å².